The maximum absolute atomic E-state index is 5.66. The minimum atomic E-state index is 0.763. The molecule has 0 unspecified atom stereocenters. The van der Waals surface area contributed by atoms with Crippen LogP contribution in [0.25, 0.3) is 16.2 Å². The van der Waals surface area contributed by atoms with Gasteiger partial charge in [0, 0.05) is 41.3 Å². The summed E-state index contributed by atoms with van der Waals surface area (Å²) in [5.74, 6) is 0.928. The number of fused-ring (bicyclic) bond motifs is 3. The van der Waals surface area contributed by atoms with Gasteiger partial charge in [-0.25, -0.2) is 4.98 Å². The fourth-order valence-corrected chi connectivity index (χ4v) is 4.34. The standard InChI is InChI=1S/C18H21N3OS/c1-3-10-22-14-6-4-13(5-7-14)17-12(2)21-15-8-9-19-11-16(15)23-18(21)20-17/h4-7,19H,3,8-11H2,1-2H3. The van der Waals surface area contributed by atoms with Crippen LogP contribution in [0.3, 0.4) is 0 Å². The number of imidazole rings is 1. The second-order valence-corrected chi connectivity index (χ2v) is 7.00. The number of hydrogen-bond acceptors (Lipinski definition) is 4. The predicted octanol–water partition coefficient (Wildman–Crippen LogP) is 3.81. The highest BCUT2D eigenvalue weighted by Gasteiger charge is 2.20. The number of rotatable bonds is 4. The van der Waals surface area contributed by atoms with Gasteiger partial charge in [0.15, 0.2) is 4.96 Å². The molecule has 4 nitrogen and oxygen atoms in total. The van der Waals surface area contributed by atoms with E-state index >= 15 is 0 Å². The van der Waals surface area contributed by atoms with Gasteiger partial charge in [-0.05, 0) is 37.6 Å². The average molecular weight is 327 g/mol. The Kier molecular flexibility index (Phi) is 3.83. The van der Waals surface area contributed by atoms with E-state index in [0.717, 1.165) is 54.5 Å². The molecule has 0 fully saturated rings. The summed E-state index contributed by atoms with van der Waals surface area (Å²) < 4.78 is 8.01. The van der Waals surface area contributed by atoms with Crippen molar-refractivity contribution in [2.45, 2.75) is 33.2 Å². The minimum absolute atomic E-state index is 0.763. The molecular weight excluding hydrogens is 306 g/mol. The molecule has 0 bridgehead atoms. The Labute approximate surface area is 140 Å². The topological polar surface area (TPSA) is 38.6 Å². The van der Waals surface area contributed by atoms with E-state index in [1.54, 1.807) is 0 Å². The summed E-state index contributed by atoms with van der Waals surface area (Å²) in [4.78, 5) is 7.43. The molecule has 3 heterocycles. The Bertz CT molecular complexity index is 832. The van der Waals surface area contributed by atoms with Crippen molar-refractivity contribution in [3.05, 3.63) is 40.5 Å². The SMILES string of the molecule is CCCOc1ccc(-c2nc3sc4c(n3c2C)CCNC4)cc1. The van der Waals surface area contributed by atoms with Crippen molar-refractivity contribution in [3.63, 3.8) is 0 Å². The van der Waals surface area contributed by atoms with Crippen LogP contribution in [0, 0.1) is 6.92 Å². The van der Waals surface area contributed by atoms with Gasteiger partial charge in [-0.15, -0.1) is 0 Å². The molecule has 120 valence electrons. The summed E-state index contributed by atoms with van der Waals surface area (Å²) in [6.45, 7) is 7.08. The fraction of sp³-hybridized carbons (Fsp3) is 0.389. The highest BCUT2D eigenvalue weighted by atomic mass is 32.1. The number of nitrogens with zero attached hydrogens (tertiary/aromatic N) is 2. The van der Waals surface area contributed by atoms with E-state index in [-0.39, 0.29) is 0 Å². The second-order valence-electron chi connectivity index (χ2n) is 5.94. The van der Waals surface area contributed by atoms with Gasteiger partial charge in [-0.1, -0.05) is 18.3 Å². The van der Waals surface area contributed by atoms with Crippen LogP contribution < -0.4 is 10.1 Å². The molecule has 0 radical (unpaired) electrons. The molecule has 5 heteroatoms. The van der Waals surface area contributed by atoms with Gasteiger partial charge in [0.2, 0.25) is 0 Å². The summed E-state index contributed by atoms with van der Waals surface area (Å²) in [6.07, 6.45) is 2.11. The number of thiazole rings is 1. The zero-order chi connectivity index (χ0) is 15.8. The van der Waals surface area contributed by atoms with Crippen LogP contribution in [-0.4, -0.2) is 22.5 Å². The van der Waals surface area contributed by atoms with Crippen molar-refractivity contribution < 1.29 is 4.74 Å². The van der Waals surface area contributed by atoms with E-state index in [1.165, 1.54) is 16.3 Å². The van der Waals surface area contributed by atoms with Gasteiger partial charge in [-0.2, -0.15) is 0 Å². The van der Waals surface area contributed by atoms with Gasteiger partial charge in [0.05, 0.1) is 12.3 Å². The first-order valence-electron chi connectivity index (χ1n) is 8.21. The molecule has 2 aromatic heterocycles. The van der Waals surface area contributed by atoms with E-state index in [0.29, 0.717) is 0 Å². The molecule has 1 aromatic carbocycles. The minimum Gasteiger partial charge on any atom is -0.494 e. The lowest BCUT2D eigenvalue weighted by Gasteiger charge is -2.13. The molecule has 1 aliphatic heterocycles. The van der Waals surface area contributed by atoms with E-state index in [1.807, 2.05) is 23.5 Å². The van der Waals surface area contributed by atoms with E-state index in [9.17, 15) is 0 Å². The highest BCUT2D eigenvalue weighted by Crippen LogP contribution is 2.32. The molecule has 4 rings (SSSR count). The molecule has 1 aliphatic rings. The maximum Gasteiger partial charge on any atom is 0.194 e. The zero-order valence-corrected chi connectivity index (χ0v) is 14.4. The Balaban J connectivity index is 1.71. The third-order valence-electron chi connectivity index (χ3n) is 4.31. The normalized spacial score (nSPS) is 14.2. The van der Waals surface area contributed by atoms with Crippen molar-refractivity contribution >= 4 is 16.3 Å². The number of ether oxygens (including phenoxy) is 1. The summed E-state index contributed by atoms with van der Waals surface area (Å²) in [5, 5.41) is 3.44. The van der Waals surface area contributed by atoms with Crippen LogP contribution in [0.2, 0.25) is 0 Å². The van der Waals surface area contributed by atoms with Crippen LogP contribution >= 0.6 is 11.3 Å². The lowest BCUT2D eigenvalue weighted by molar-refractivity contribution is 0.317. The second kappa shape index (κ2) is 5.98. The molecule has 0 saturated heterocycles. The average Bonchev–Trinajstić information content (AvgIpc) is 3.10. The molecule has 1 N–H and O–H groups in total. The van der Waals surface area contributed by atoms with Crippen molar-refractivity contribution in [2.24, 2.45) is 0 Å². The number of nitrogens with one attached hydrogen (secondary N) is 1. The van der Waals surface area contributed by atoms with Crippen molar-refractivity contribution in [2.75, 3.05) is 13.2 Å². The van der Waals surface area contributed by atoms with Crippen LogP contribution in [0.15, 0.2) is 24.3 Å². The molecule has 0 atom stereocenters. The Morgan fingerprint density at radius 1 is 1.30 bits per heavy atom. The molecular formula is C18H21N3OS. The third-order valence-corrected chi connectivity index (χ3v) is 5.39. The van der Waals surface area contributed by atoms with E-state index in [4.69, 9.17) is 9.72 Å². The van der Waals surface area contributed by atoms with Crippen LogP contribution in [-0.2, 0) is 13.0 Å². The van der Waals surface area contributed by atoms with Crippen molar-refractivity contribution in [3.8, 4) is 17.0 Å². The summed E-state index contributed by atoms with van der Waals surface area (Å²) in [5.41, 5.74) is 4.91. The maximum atomic E-state index is 5.66. The number of aryl methyl sites for hydroxylation is 1. The van der Waals surface area contributed by atoms with Gasteiger partial charge in [0.1, 0.15) is 5.75 Å². The zero-order valence-electron chi connectivity index (χ0n) is 13.6. The summed E-state index contributed by atoms with van der Waals surface area (Å²) >= 11 is 1.81. The first kappa shape index (κ1) is 14.7. The smallest absolute Gasteiger partial charge is 0.194 e. The number of aromatic nitrogens is 2. The summed E-state index contributed by atoms with van der Waals surface area (Å²) in [6, 6.07) is 8.30. The fourth-order valence-electron chi connectivity index (χ4n) is 3.16. The first-order chi connectivity index (χ1) is 11.3. The van der Waals surface area contributed by atoms with Crippen LogP contribution in [0.1, 0.15) is 29.6 Å². The highest BCUT2D eigenvalue weighted by molar-refractivity contribution is 7.17. The number of benzene rings is 1. The molecule has 0 spiro atoms. The summed E-state index contributed by atoms with van der Waals surface area (Å²) in [7, 11) is 0. The van der Waals surface area contributed by atoms with Gasteiger partial charge < -0.3 is 10.1 Å². The largest absolute Gasteiger partial charge is 0.494 e. The van der Waals surface area contributed by atoms with Gasteiger partial charge in [0.25, 0.3) is 0 Å². The molecule has 23 heavy (non-hydrogen) atoms. The quantitative estimate of drug-likeness (QED) is 0.792. The van der Waals surface area contributed by atoms with Crippen molar-refractivity contribution in [1.82, 2.24) is 14.7 Å². The Morgan fingerprint density at radius 2 is 2.13 bits per heavy atom. The monoisotopic (exact) mass is 327 g/mol. The lowest BCUT2D eigenvalue weighted by atomic mass is 10.1. The Hall–Kier alpha value is -1.85. The van der Waals surface area contributed by atoms with E-state index in [2.05, 4.69) is 35.7 Å². The third kappa shape index (κ3) is 2.54. The molecule has 3 aromatic rings. The van der Waals surface area contributed by atoms with Crippen LogP contribution in [0.5, 0.6) is 5.75 Å². The molecule has 0 aliphatic carbocycles. The predicted molar refractivity (Wildman–Crippen MR) is 94.4 cm³/mol. The number of hydrogen-bond donors (Lipinski definition) is 1. The van der Waals surface area contributed by atoms with Gasteiger partial charge >= 0.3 is 0 Å². The Morgan fingerprint density at radius 3 is 2.91 bits per heavy atom. The van der Waals surface area contributed by atoms with Crippen molar-refractivity contribution in [1.29, 1.82) is 0 Å². The van der Waals surface area contributed by atoms with Crippen LogP contribution in [0.4, 0.5) is 0 Å². The lowest BCUT2D eigenvalue weighted by Crippen LogP contribution is -2.23. The first-order valence-corrected chi connectivity index (χ1v) is 9.03. The van der Waals surface area contributed by atoms with Gasteiger partial charge in [-0.3, -0.25) is 4.40 Å². The molecule has 0 saturated carbocycles. The molecule has 0 amide bonds. The van der Waals surface area contributed by atoms with E-state index < -0.39 is 0 Å².